The first-order chi connectivity index (χ1) is 14.0. The zero-order chi connectivity index (χ0) is 20.8. The molecule has 1 heterocycles. The summed E-state index contributed by atoms with van der Waals surface area (Å²) in [4.78, 5) is 11.7. The highest BCUT2D eigenvalue weighted by Gasteiger charge is 2.17. The van der Waals surface area contributed by atoms with E-state index < -0.39 is 0 Å². The molecule has 0 saturated heterocycles. The van der Waals surface area contributed by atoms with E-state index in [4.69, 9.17) is 16.3 Å². The summed E-state index contributed by atoms with van der Waals surface area (Å²) in [5.41, 5.74) is 3.06. The van der Waals surface area contributed by atoms with Gasteiger partial charge in [-0.3, -0.25) is 9.36 Å². The molecule has 6 nitrogen and oxygen atoms in total. The van der Waals surface area contributed by atoms with E-state index in [-0.39, 0.29) is 5.91 Å². The third-order valence-electron chi connectivity index (χ3n) is 4.38. The van der Waals surface area contributed by atoms with E-state index in [0.717, 1.165) is 27.7 Å². The standard InChI is InChI=1S/C21H23ClN4O2S/c1-4-20(27)23-12-19-24-25-21(26(19)18-11-16(22)9-8-14(18)2)29-13-15-6-5-7-17(10-15)28-3/h5-11H,4,12-13H2,1-3H3,(H,23,27). The SMILES string of the molecule is CCC(=O)NCc1nnc(SCc2cccc(OC)c2)n1-c1cc(Cl)ccc1C. The Morgan fingerprint density at radius 1 is 1.24 bits per heavy atom. The molecule has 0 aliphatic rings. The van der Waals surface area contributed by atoms with Crippen LogP contribution in [0.3, 0.4) is 0 Å². The van der Waals surface area contributed by atoms with E-state index in [9.17, 15) is 4.79 Å². The molecule has 0 aliphatic carbocycles. The second kappa shape index (κ2) is 9.80. The maximum atomic E-state index is 11.7. The molecule has 1 N–H and O–H groups in total. The summed E-state index contributed by atoms with van der Waals surface area (Å²) in [6.07, 6.45) is 0.418. The number of methoxy groups -OCH3 is 1. The molecule has 1 aromatic heterocycles. The van der Waals surface area contributed by atoms with Crippen molar-refractivity contribution < 1.29 is 9.53 Å². The normalized spacial score (nSPS) is 10.8. The van der Waals surface area contributed by atoms with Gasteiger partial charge >= 0.3 is 0 Å². The number of thioether (sulfide) groups is 1. The van der Waals surface area contributed by atoms with Gasteiger partial charge in [0.1, 0.15) is 5.75 Å². The van der Waals surface area contributed by atoms with E-state index in [1.165, 1.54) is 0 Å². The number of aromatic nitrogens is 3. The van der Waals surface area contributed by atoms with E-state index in [0.29, 0.717) is 29.6 Å². The zero-order valence-electron chi connectivity index (χ0n) is 16.6. The van der Waals surface area contributed by atoms with Gasteiger partial charge in [-0.1, -0.05) is 48.5 Å². The third kappa shape index (κ3) is 5.31. The molecule has 1 amide bonds. The Hall–Kier alpha value is -2.51. The number of carbonyl (C=O) groups excluding carboxylic acids is 1. The molecular formula is C21H23ClN4O2S. The first kappa shape index (κ1) is 21.2. The van der Waals surface area contributed by atoms with Crippen LogP contribution in [0.4, 0.5) is 0 Å². The number of benzene rings is 2. The maximum absolute atomic E-state index is 11.7. The largest absolute Gasteiger partial charge is 0.497 e. The van der Waals surface area contributed by atoms with Crippen LogP contribution in [0.1, 0.15) is 30.3 Å². The number of carbonyl (C=O) groups is 1. The van der Waals surface area contributed by atoms with Gasteiger partial charge in [-0.05, 0) is 42.3 Å². The number of nitrogens with zero attached hydrogens (tertiary/aromatic N) is 3. The Morgan fingerprint density at radius 2 is 2.07 bits per heavy atom. The summed E-state index contributed by atoms with van der Waals surface area (Å²) in [5.74, 6) is 2.15. The maximum Gasteiger partial charge on any atom is 0.220 e. The van der Waals surface area contributed by atoms with Crippen molar-refractivity contribution in [2.24, 2.45) is 0 Å². The Bertz CT molecular complexity index is 1010. The number of rotatable bonds is 8. The highest BCUT2D eigenvalue weighted by molar-refractivity contribution is 7.98. The van der Waals surface area contributed by atoms with Crippen LogP contribution in [-0.2, 0) is 17.1 Å². The average molecular weight is 431 g/mol. The predicted molar refractivity (Wildman–Crippen MR) is 116 cm³/mol. The minimum absolute atomic E-state index is 0.0343. The second-order valence-electron chi connectivity index (χ2n) is 6.44. The highest BCUT2D eigenvalue weighted by atomic mass is 35.5. The minimum Gasteiger partial charge on any atom is -0.497 e. The van der Waals surface area contributed by atoms with Gasteiger partial charge < -0.3 is 10.1 Å². The van der Waals surface area contributed by atoms with Crippen LogP contribution in [-0.4, -0.2) is 27.8 Å². The van der Waals surface area contributed by atoms with E-state index in [1.807, 2.05) is 60.9 Å². The van der Waals surface area contributed by atoms with Crippen LogP contribution in [0.5, 0.6) is 5.75 Å². The molecule has 3 rings (SSSR count). The van der Waals surface area contributed by atoms with Gasteiger partial charge in [0, 0.05) is 17.2 Å². The molecule has 0 spiro atoms. The van der Waals surface area contributed by atoms with Gasteiger partial charge in [0.25, 0.3) is 0 Å². The molecule has 0 unspecified atom stereocenters. The molecule has 29 heavy (non-hydrogen) atoms. The van der Waals surface area contributed by atoms with Gasteiger partial charge in [-0.2, -0.15) is 0 Å². The number of hydrogen-bond acceptors (Lipinski definition) is 5. The van der Waals surface area contributed by atoms with Gasteiger partial charge in [0.05, 0.1) is 19.3 Å². The number of aryl methyl sites for hydroxylation is 1. The number of hydrogen-bond donors (Lipinski definition) is 1. The van der Waals surface area contributed by atoms with Crippen molar-refractivity contribution in [3.05, 3.63) is 64.4 Å². The third-order valence-corrected chi connectivity index (χ3v) is 5.61. The molecule has 0 fully saturated rings. The lowest BCUT2D eigenvalue weighted by molar-refractivity contribution is -0.120. The second-order valence-corrected chi connectivity index (χ2v) is 7.81. The molecule has 3 aromatic rings. The Labute approximate surface area is 179 Å². The quantitative estimate of drug-likeness (QED) is 0.530. The van der Waals surface area contributed by atoms with Gasteiger partial charge in [-0.15, -0.1) is 10.2 Å². The molecule has 0 aliphatic heterocycles. The average Bonchev–Trinajstić information content (AvgIpc) is 3.14. The lowest BCUT2D eigenvalue weighted by atomic mass is 10.2. The fraction of sp³-hybridized carbons (Fsp3) is 0.286. The summed E-state index contributed by atoms with van der Waals surface area (Å²) in [7, 11) is 1.65. The fourth-order valence-electron chi connectivity index (χ4n) is 2.79. The Kier molecular flexibility index (Phi) is 7.17. The van der Waals surface area contributed by atoms with Crippen LogP contribution in [0.2, 0.25) is 5.02 Å². The Morgan fingerprint density at radius 3 is 2.83 bits per heavy atom. The van der Waals surface area contributed by atoms with Crippen molar-refractivity contribution in [3.8, 4) is 11.4 Å². The van der Waals surface area contributed by atoms with E-state index >= 15 is 0 Å². The smallest absolute Gasteiger partial charge is 0.220 e. The monoisotopic (exact) mass is 430 g/mol. The van der Waals surface area contributed by atoms with Gasteiger partial charge in [-0.25, -0.2) is 0 Å². The number of halogens is 1. The highest BCUT2D eigenvalue weighted by Crippen LogP contribution is 2.29. The van der Waals surface area contributed by atoms with Crippen molar-refractivity contribution in [1.82, 2.24) is 20.1 Å². The lowest BCUT2D eigenvalue weighted by Gasteiger charge is -2.14. The zero-order valence-corrected chi connectivity index (χ0v) is 18.2. The number of ether oxygens (including phenoxy) is 1. The van der Waals surface area contributed by atoms with Gasteiger partial charge in [0.2, 0.25) is 5.91 Å². The number of nitrogens with one attached hydrogen (secondary N) is 1. The summed E-state index contributed by atoms with van der Waals surface area (Å²) < 4.78 is 7.26. The predicted octanol–water partition coefficient (Wildman–Crippen LogP) is 4.56. The number of amides is 1. The Balaban J connectivity index is 1.92. The summed E-state index contributed by atoms with van der Waals surface area (Å²) in [5, 5.41) is 12.9. The lowest BCUT2D eigenvalue weighted by Crippen LogP contribution is -2.23. The van der Waals surface area contributed by atoms with Crippen LogP contribution < -0.4 is 10.1 Å². The van der Waals surface area contributed by atoms with Gasteiger partial charge in [0.15, 0.2) is 11.0 Å². The van der Waals surface area contributed by atoms with E-state index in [2.05, 4.69) is 15.5 Å². The molecule has 152 valence electrons. The van der Waals surface area contributed by atoms with Crippen molar-refractivity contribution >= 4 is 29.3 Å². The molecule has 0 bridgehead atoms. The molecule has 0 atom stereocenters. The summed E-state index contributed by atoms with van der Waals surface area (Å²) in [6, 6.07) is 13.6. The first-order valence-electron chi connectivity index (χ1n) is 9.25. The molecule has 8 heteroatoms. The van der Waals surface area contributed by atoms with Crippen LogP contribution in [0.25, 0.3) is 5.69 Å². The van der Waals surface area contributed by atoms with E-state index in [1.54, 1.807) is 18.9 Å². The van der Waals surface area contributed by atoms with Crippen LogP contribution in [0.15, 0.2) is 47.6 Å². The molecule has 2 aromatic carbocycles. The van der Waals surface area contributed by atoms with Crippen LogP contribution in [0, 0.1) is 6.92 Å². The fourth-order valence-corrected chi connectivity index (χ4v) is 3.86. The topological polar surface area (TPSA) is 69.0 Å². The molecule has 0 radical (unpaired) electrons. The molecular weight excluding hydrogens is 408 g/mol. The van der Waals surface area contributed by atoms with Crippen molar-refractivity contribution in [2.75, 3.05) is 7.11 Å². The molecule has 0 saturated carbocycles. The minimum atomic E-state index is -0.0343. The van der Waals surface area contributed by atoms with Crippen molar-refractivity contribution in [1.29, 1.82) is 0 Å². The first-order valence-corrected chi connectivity index (χ1v) is 10.6. The summed E-state index contributed by atoms with van der Waals surface area (Å²) >= 11 is 7.82. The van der Waals surface area contributed by atoms with Crippen molar-refractivity contribution in [2.45, 2.75) is 37.7 Å². The van der Waals surface area contributed by atoms with Crippen LogP contribution >= 0.6 is 23.4 Å². The van der Waals surface area contributed by atoms with Crippen molar-refractivity contribution in [3.63, 3.8) is 0 Å². The summed E-state index contributed by atoms with van der Waals surface area (Å²) in [6.45, 7) is 4.12.